The average Bonchev–Trinajstić information content (AvgIpc) is 2.67. The Kier molecular flexibility index (Phi) is 5.75. The highest BCUT2D eigenvalue weighted by Gasteiger charge is 2.27. The van der Waals surface area contributed by atoms with Crippen LogP contribution in [0.3, 0.4) is 0 Å². The van der Waals surface area contributed by atoms with Crippen LogP contribution in [-0.2, 0) is 9.53 Å². The van der Waals surface area contributed by atoms with E-state index in [0.29, 0.717) is 22.6 Å². The van der Waals surface area contributed by atoms with Crippen molar-refractivity contribution >= 4 is 11.7 Å². The van der Waals surface area contributed by atoms with Crippen LogP contribution in [0.1, 0.15) is 22.6 Å². The van der Waals surface area contributed by atoms with Gasteiger partial charge in [-0.2, -0.15) is 5.26 Å². The fraction of sp³-hybridized carbons (Fsp3) is 0.222. The van der Waals surface area contributed by atoms with E-state index in [-0.39, 0.29) is 11.3 Å². The van der Waals surface area contributed by atoms with Crippen molar-refractivity contribution in [3.05, 3.63) is 63.2 Å². The number of ether oxygens (including phenoxy) is 3. The van der Waals surface area contributed by atoms with Gasteiger partial charge in [-0.15, -0.1) is 0 Å². The molecule has 0 radical (unpaired) electrons. The molecule has 2 aromatic carbocycles. The molecule has 2 rings (SSSR count). The molecule has 0 aliphatic carbocycles. The molecule has 26 heavy (non-hydrogen) atoms. The van der Waals surface area contributed by atoms with Gasteiger partial charge in [-0.3, -0.25) is 14.9 Å². The fourth-order valence-corrected chi connectivity index (χ4v) is 2.60. The lowest BCUT2D eigenvalue weighted by molar-refractivity contribution is -0.385. The van der Waals surface area contributed by atoms with E-state index >= 15 is 0 Å². The quantitative estimate of drug-likeness (QED) is 0.444. The number of nitrogens with zero attached hydrogens (tertiary/aromatic N) is 2. The molecule has 0 aliphatic heterocycles. The maximum absolute atomic E-state index is 12.4. The van der Waals surface area contributed by atoms with Crippen molar-refractivity contribution in [3.8, 4) is 17.6 Å². The number of nitro benzene ring substituents is 1. The molecular formula is C18H16N2O6. The van der Waals surface area contributed by atoms with Crippen molar-refractivity contribution in [2.45, 2.75) is 5.92 Å². The number of esters is 1. The van der Waals surface area contributed by atoms with Gasteiger partial charge in [0.1, 0.15) is 17.6 Å². The zero-order valence-corrected chi connectivity index (χ0v) is 14.4. The number of benzene rings is 2. The minimum Gasteiger partial charge on any atom is -0.493 e. The van der Waals surface area contributed by atoms with Gasteiger partial charge >= 0.3 is 5.97 Å². The third kappa shape index (κ3) is 3.57. The van der Waals surface area contributed by atoms with Crippen LogP contribution in [0.2, 0.25) is 0 Å². The van der Waals surface area contributed by atoms with Crippen LogP contribution >= 0.6 is 0 Å². The topological polar surface area (TPSA) is 112 Å². The summed E-state index contributed by atoms with van der Waals surface area (Å²) in [5, 5.41) is 20.2. The van der Waals surface area contributed by atoms with Crippen LogP contribution in [-0.4, -0.2) is 32.2 Å². The molecular weight excluding hydrogens is 340 g/mol. The molecule has 0 N–H and O–H groups in total. The third-order valence-corrected chi connectivity index (χ3v) is 3.85. The van der Waals surface area contributed by atoms with E-state index in [1.54, 1.807) is 24.3 Å². The summed E-state index contributed by atoms with van der Waals surface area (Å²) in [6.45, 7) is 0. The van der Waals surface area contributed by atoms with Crippen LogP contribution in [0.5, 0.6) is 11.5 Å². The van der Waals surface area contributed by atoms with Gasteiger partial charge < -0.3 is 14.2 Å². The Morgan fingerprint density at radius 1 is 1.08 bits per heavy atom. The first-order valence-corrected chi connectivity index (χ1v) is 7.45. The standard InChI is InChI=1S/C18H16N2O6/c1-24-15-7-5-12(9-16(15)25-2)17(18(21)26-3)11-4-6-14(20(22)23)13(8-11)10-19/h4-9,17H,1-3H3. The van der Waals surface area contributed by atoms with E-state index in [0.717, 1.165) is 0 Å². The van der Waals surface area contributed by atoms with Crippen molar-refractivity contribution < 1.29 is 23.9 Å². The minimum atomic E-state index is -0.882. The molecule has 0 fully saturated rings. The predicted molar refractivity (Wildman–Crippen MR) is 91.2 cm³/mol. The lowest BCUT2D eigenvalue weighted by atomic mass is 9.89. The molecule has 0 aliphatic rings. The van der Waals surface area contributed by atoms with E-state index in [4.69, 9.17) is 14.2 Å². The number of carbonyl (C=O) groups is 1. The first-order valence-electron chi connectivity index (χ1n) is 7.45. The number of nitro groups is 1. The Labute approximate surface area is 149 Å². The molecule has 8 nitrogen and oxygen atoms in total. The molecule has 2 aromatic rings. The van der Waals surface area contributed by atoms with Gasteiger partial charge in [0.25, 0.3) is 5.69 Å². The lowest BCUT2D eigenvalue weighted by Gasteiger charge is -2.17. The van der Waals surface area contributed by atoms with Crippen LogP contribution in [0.15, 0.2) is 36.4 Å². The summed E-state index contributed by atoms with van der Waals surface area (Å²) in [6.07, 6.45) is 0. The smallest absolute Gasteiger partial charge is 0.317 e. The van der Waals surface area contributed by atoms with Crippen molar-refractivity contribution in [1.29, 1.82) is 5.26 Å². The van der Waals surface area contributed by atoms with Gasteiger partial charge in [-0.1, -0.05) is 12.1 Å². The van der Waals surface area contributed by atoms with E-state index in [9.17, 15) is 20.2 Å². The Morgan fingerprint density at radius 2 is 1.69 bits per heavy atom. The first-order chi connectivity index (χ1) is 12.5. The highest BCUT2D eigenvalue weighted by atomic mass is 16.6. The molecule has 0 heterocycles. The van der Waals surface area contributed by atoms with Gasteiger partial charge in [0.05, 0.1) is 26.3 Å². The molecule has 0 aromatic heterocycles. The third-order valence-electron chi connectivity index (χ3n) is 3.85. The molecule has 134 valence electrons. The van der Waals surface area contributed by atoms with E-state index < -0.39 is 16.8 Å². The van der Waals surface area contributed by atoms with Gasteiger partial charge in [0.15, 0.2) is 11.5 Å². The van der Waals surface area contributed by atoms with Gasteiger partial charge in [-0.25, -0.2) is 0 Å². The van der Waals surface area contributed by atoms with Crippen molar-refractivity contribution in [2.75, 3.05) is 21.3 Å². The van der Waals surface area contributed by atoms with Gasteiger partial charge in [-0.05, 0) is 29.3 Å². The highest BCUT2D eigenvalue weighted by molar-refractivity contribution is 5.83. The number of rotatable bonds is 6. The highest BCUT2D eigenvalue weighted by Crippen LogP contribution is 2.35. The molecule has 0 spiro atoms. The second-order valence-electron chi connectivity index (χ2n) is 5.22. The number of hydrogen-bond acceptors (Lipinski definition) is 7. The zero-order valence-electron chi connectivity index (χ0n) is 14.4. The molecule has 0 bridgehead atoms. The van der Waals surface area contributed by atoms with E-state index in [2.05, 4.69) is 0 Å². The SMILES string of the molecule is COC(=O)C(c1ccc([N+](=O)[O-])c(C#N)c1)c1ccc(OC)c(OC)c1. The predicted octanol–water partition coefficient (Wildman–Crippen LogP) is 2.79. The second kappa shape index (κ2) is 7.98. The number of methoxy groups -OCH3 is 3. The van der Waals surface area contributed by atoms with E-state index in [1.165, 1.54) is 39.5 Å². The summed E-state index contributed by atoms with van der Waals surface area (Å²) < 4.78 is 15.3. The number of nitriles is 1. The minimum absolute atomic E-state index is 0.137. The second-order valence-corrected chi connectivity index (χ2v) is 5.22. The van der Waals surface area contributed by atoms with Gasteiger partial charge in [0, 0.05) is 6.07 Å². The summed E-state index contributed by atoms with van der Waals surface area (Å²) >= 11 is 0. The molecule has 0 saturated heterocycles. The van der Waals surface area contributed by atoms with Crippen LogP contribution in [0.25, 0.3) is 0 Å². The van der Waals surface area contributed by atoms with E-state index in [1.807, 2.05) is 0 Å². The van der Waals surface area contributed by atoms with Gasteiger partial charge in [0.2, 0.25) is 0 Å². The van der Waals surface area contributed by atoms with Crippen LogP contribution in [0, 0.1) is 21.4 Å². The van der Waals surface area contributed by atoms with Crippen molar-refractivity contribution in [1.82, 2.24) is 0 Å². The number of carbonyl (C=O) groups excluding carboxylic acids is 1. The summed E-state index contributed by atoms with van der Waals surface area (Å²) in [4.78, 5) is 22.7. The Balaban J connectivity index is 2.61. The maximum atomic E-state index is 12.4. The molecule has 1 atom stereocenters. The fourth-order valence-electron chi connectivity index (χ4n) is 2.60. The Morgan fingerprint density at radius 3 is 2.23 bits per heavy atom. The lowest BCUT2D eigenvalue weighted by Crippen LogP contribution is -2.16. The molecule has 8 heteroatoms. The molecule has 0 saturated carbocycles. The number of hydrogen-bond donors (Lipinski definition) is 0. The van der Waals surface area contributed by atoms with Crippen molar-refractivity contribution in [3.63, 3.8) is 0 Å². The first kappa shape index (κ1) is 18.7. The van der Waals surface area contributed by atoms with Crippen LogP contribution < -0.4 is 9.47 Å². The maximum Gasteiger partial charge on any atom is 0.317 e. The van der Waals surface area contributed by atoms with Crippen LogP contribution in [0.4, 0.5) is 5.69 Å². The monoisotopic (exact) mass is 356 g/mol. The summed E-state index contributed by atoms with van der Waals surface area (Å²) in [5.74, 6) is -0.551. The normalized spacial score (nSPS) is 11.2. The summed E-state index contributed by atoms with van der Waals surface area (Å²) in [5.41, 5.74) is 0.465. The summed E-state index contributed by atoms with van der Waals surface area (Å²) in [7, 11) is 4.20. The average molecular weight is 356 g/mol. The Hall–Kier alpha value is -3.60. The summed E-state index contributed by atoms with van der Waals surface area (Å²) in [6, 6.07) is 10.6. The largest absolute Gasteiger partial charge is 0.493 e. The Bertz CT molecular complexity index is 888. The molecule has 0 amide bonds. The van der Waals surface area contributed by atoms with Crippen molar-refractivity contribution in [2.24, 2.45) is 0 Å². The molecule has 1 unspecified atom stereocenters. The zero-order chi connectivity index (χ0) is 19.3.